The van der Waals surface area contributed by atoms with Crippen LogP contribution in [0.4, 0.5) is 0 Å². The van der Waals surface area contributed by atoms with Gasteiger partial charge in [0.2, 0.25) is 5.91 Å². The van der Waals surface area contributed by atoms with Gasteiger partial charge in [0.05, 0.1) is 17.5 Å². The zero-order chi connectivity index (χ0) is 15.1. The largest absolute Gasteiger partial charge is 0.294 e. The molecule has 0 aliphatic carbocycles. The van der Waals surface area contributed by atoms with E-state index in [0.717, 1.165) is 0 Å². The molecule has 7 nitrogen and oxygen atoms in total. The smallest absolute Gasteiger partial charge is 0.269 e. The van der Waals surface area contributed by atoms with Crippen LogP contribution in [0.15, 0.2) is 29.2 Å². The minimum atomic E-state index is -3.91. The molecular formula is C12H15N3O4S. The molecule has 2 amide bonds. The van der Waals surface area contributed by atoms with Gasteiger partial charge in [0.1, 0.15) is 4.90 Å². The summed E-state index contributed by atoms with van der Waals surface area (Å²) < 4.78 is 25.4. The molecule has 0 aromatic heterocycles. The van der Waals surface area contributed by atoms with Gasteiger partial charge < -0.3 is 0 Å². The molecule has 0 saturated heterocycles. The summed E-state index contributed by atoms with van der Waals surface area (Å²) in [4.78, 5) is 23.8. The number of hydrogen-bond acceptors (Lipinski definition) is 5. The van der Waals surface area contributed by atoms with Gasteiger partial charge in [0, 0.05) is 0 Å². The van der Waals surface area contributed by atoms with Crippen molar-refractivity contribution >= 4 is 21.8 Å². The summed E-state index contributed by atoms with van der Waals surface area (Å²) in [5.41, 5.74) is 0.967. The molecule has 0 bridgehead atoms. The summed E-state index contributed by atoms with van der Waals surface area (Å²) in [6, 6.07) is 5.96. The molecule has 1 aromatic carbocycles. The number of fused-ring (bicyclic) bond motifs is 1. The van der Waals surface area contributed by atoms with Crippen molar-refractivity contribution in [1.29, 1.82) is 0 Å². The molecule has 108 valence electrons. The Hall–Kier alpha value is -1.93. The van der Waals surface area contributed by atoms with E-state index >= 15 is 0 Å². The number of sulfonamides is 1. The molecule has 0 spiro atoms. The summed E-state index contributed by atoms with van der Waals surface area (Å²) in [6.45, 7) is 2.76. The van der Waals surface area contributed by atoms with Gasteiger partial charge >= 0.3 is 0 Å². The van der Waals surface area contributed by atoms with Crippen molar-refractivity contribution in [2.24, 2.45) is 11.3 Å². The number of benzene rings is 1. The zero-order valence-electron chi connectivity index (χ0n) is 11.1. The number of amides is 2. The molecule has 0 unspecified atom stereocenters. The molecule has 2 rings (SSSR count). The van der Waals surface area contributed by atoms with Gasteiger partial charge in [-0.3, -0.25) is 15.0 Å². The summed E-state index contributed by atoms with van der Waals surface area (Å²) in [7, 11) is -3.91. The maximum Gasteiger partial charge on any atom is 0.269 e. The number of rotatable bonds is 3. The highest BCUT2D eigenvalue weighted by Gasteiger charge is 2.44. The molecule has 8 heteroatoms. The molecule has 0 fully saturated rings. The van der Waals surface area contributed by atoms with Gasteiger partial charge in [0.25, 0.3) is 15.9 Å². The molecule has 1 aromatic rings. The maximum absolute atomic E-state index is 12.3. The molecule has 1 heterocycles. The third-order valence-corrected chi connectivity index (χ3v) is 4.98. The number of hydrazine groups is 1. The Morgan fingerprint density at radius 2 is 1.95 bits per heavy atom. The van der Waals surface area contributed by atoms with E-state index in [1.54, 1.807) is 12.1 Å². The normalized spacial score (nSPS) is 16.9. The second-order valence-electron chi connectivity index (χ2n) is 5.17. The Labute approximate surface area is 116 Å². The Morgan fingerprint density at radius 3 is 2.50 bits per heavy atom. The third-order valence-electron chi connectivity index (χ3n) is 3.20. The number of nitrogens with one attached hydrogen (secondary N) is 1. The van der Waals surface area contributed by atoms with Crippen molar-refractivity contribution in [3.05, 3.63) is 29.8 Å². The highest BCUT2D eigenvalue weighted by Crippen LogP contribution is 2.32. The first kappa shape index (κ1) is 14.5. The minimum Gasteiger partial charge on any atom is -0.294 e. The van der Waals surface area contributed by atoms with E-state index in [4.69, 9.17) is 5.84 Å². The van der Waals surface area contributed by atoms with Gasteiger partial charge in [-0.05, 0) is 26.0 Å². The fourth-order valence-corrected chi connectivity index (χ4v) is 3.74. The SMILES string of the molecule is CC(C)(CN1C(=O)c2ccccc2S1(=O)=O)C(=O)NN. The van der Waals surface area contributed by atoms with Crippen LogP contribution in [-0.4, -0.2) is 31.1 Å². The maximum atomic E-state index is 12.3. The molecule has 20 heavy (non-hydrogen) atoms. The number of carbonyl (C=O) groups excluding carboxylic acids is 2. The van der Waals surface area contributed by atoms with Crippen LogP contribution in [0.5, 0.6) is 0 Å². The van der Waals surface area contributed by atoms with Crippen LogP contribution < -0.4 is 11.3 Å². The number of nitrogens with two attached hydrogens (primary N) is 1. The van der Waals surface area contributed by atoms with Gasteiger partial charge in [-0.25, -0.2) is 18.6 Å². The van der Waals surface area contributed by atoms with Crippen LogP contribution in [0, 0.1) is 5.41 Å². The first-order valence-corrected chi connectivity index (χ1v) is 7.33. The zero-order valence-corrected chi connectivity index (χ0v) is 11.9. The molecule has 0 atom stereocenters. The third kappa shape index (κ3) is 2.06. The van der Waals surface area contributed by atoms with Crippen LogP contribution in [0.3, 0.4) is 0 Å². The first-order valence-electron chi connectivity index (χ1n) is 5.89. The highest BCUT2D eigenvalue weighted by molar-refractivity contribution is 7.90. The topological polar surface area (TPSA) is 110 Å². The predicted octanol–water partition coefficient (Wildman–Crippen LogP) is -0.153. The van der Waals surface area contributed by atoms with E-state index in [0.29, 0.717) is 4.31 Å². The van der Waals surface area contributed by atoms with E-state index < -0.39 is 27.3 Å². The van der Waals surface area contributed by atoms with Crippen molar-refractivity contribution in [3.63, 3.8) is 0 Å². The minimum absolute atomic E-state index is 0.0334. The summed E-state index contributed by atoms with van der Waals surface area (Å²) in [5.74, 6) is 3.90. The van der Waals surface area contributed by atoms with E-state index in [9.17, 15) is 18.0 Å². The van der Waals surface area contributed by atoms with E-state index in [-0.39, 0.29) is 17.0 Å². The first-order chi connectivity index (χ1) is 9.21. The van der Waals surface area contributed by atoms with E-state index in [2.05, 4.69) is 0 Å². The molecule has 1 aliphatic rings. The van der Waals surface area contributed by atoms with Crippen LogP contribution in [-0.2, 0) is 14.8 Å². The van der Waals surface area contributed by atoms with Crippen molar-refractivity contribution < 1.29 is 18.0 Å². The van der Waals surface area contributed by atoms with E-state index in [1.807, 2.05) is 5.43 Å². The molecule has 0 radical (unpaired) electrons. The predicted molar refractivity (Wildman–Crippen MR) is 70.8 cm³/mol. The lowest BCUT2D eigenvalue weighted by molar-refractivity contribution is -0.129. The second-order valence-corrected chi connectivity index (χ2v) is 7.00. The molecule has 0 saturated carbocycles. The number of nitrogens with zero attached hydrogens (tertiary/aromatic N) is 1. The lowest BCUT2D eigenvalue weighted by Crippen LogP contribution is -2.48. The molecule has 1 aliphatic heterocycles. The summed E-state index contributed by atoms with van der Waals surface area (Å²) in [6.07, 6.45) is 0. The van der Waals surface area contributed by atoms with Crippen molar-refractivity contribution in [2.45, 2.75) is 18.7 Å². The Balaban J connectivity index is 2.42. The van der Waals surface area contributed by atoms with Crippen molar-refractivity contribution in [3.8, 4) is 0 Å². The monoisotopic (exact) mass is 297 g/mol. The average Bonchev–Trinajstić information content (AvgIpc) is 2.59. The van der Waals surface area contributed by atoms with Gasteiger partial charge in [-0.2, -0.15) is 0 Å². The molecular weight excluding hydrogens is 282 g/mol. The highest BCUT2D eigenvalue weighted by atomic mass is 32.2. The van der Waals surface area contributed by atoms with Crippen LogP contribution >= 0.6 is 0 Å². The number of carbonyl (C=O) groups is 2. The van der Waals surface area contributed by atoms with Gasteiger partial charge in [-0.1, -0.05) is 12.1 Å². The van der Waals surface area contributed by atoms with E-state index in [1.165, 1.54) is 26.0 Å². The average molecular weight is 297 g/mol. The van der Waals surface area contributed by atoms with Crippen LogP contribution in [0.1, 0.15) is 24.2 Å². The van der Waals surface area contributed by atoms with Crippen molar-refractivity contribution in [1.82, 2.24) is 9.73 Å². The Kier molecular flexibility index (Phi) is 3.31. The fraction of sp³-hybridized carbons (Fsp3) is 0.333. The van der Waals surface area contributed by atoms with Crippen LogP contribution in [0.2, 0.25) is 0 Å². The summed E-state index contributed by atoms with van der Waals surface area (Å²) in [5, 5.41) is 0. The Morgan fingerprint density at radius 1 is 1.35 bits per heavy atom. The second kappa shape index (κ2) is 4.57. The van der Waals surface area contributed by atoms with Crippen LogP contribution in [0.25, 0.3) is 0 Å². The Bertz CT molecular complexity index is 682. The standard InChI is InChI=1S/C12H15N3O4S/c1-12(2,11(17)14-13)7-15-10(16)8-5-3-4-6-9(8)20(15,18)19/h3-6H,7,13H2,1-2H3,(H,14,17). The molecule has 3 N–H and O–H groups in total. The summed E-state index contributed by atoms with van der Waals surface area (Å²) >= 11 is 0. The van der Waals surface area contributed by atoms with Gasteiger partial charge in [0.15, 0.2) is 0 Å². The van der Waals surface area contributed by atoms with Crippen molar-refractivity contribution in [2.75, 3.05) is 6.54 Å². The van der Waals surface area contributed by atoms with Gasteiger partial charge in [-0.15, -0.1) is 0 Å². The quantitative estimate of drug-likeness (QED) is 0.458. The fourth-order valence-electron chi connectivity index (χ4n) is 2.01. The number of hydrogen-bond donors (Lipinski definition) is 2. The lowest BCUT2D eigenvalue weighted by Gasteiger charge is -2.27. The lowest BCUT2D eigenvalue weighted by atomic mass is 9.92.